The van der Waals surface area contributed by atoms with Crippen molar-refractivity contribution in [2.75, 3.05) is 4.90 Å². The van der Waals surface area contributed by atoms with E-state index in [1.807, 2.05) is 18.2 Å². The molecule has 0 spiro atoms. The average Bonchev–Trinajstić information content (AvgIpc) is 3.13. The lowest BCUT2D eigenvalue weighted by molar-refractivity contribution is -0.114. The second kappa shape index (κ2) is 7.28. The third kappa shape index (κ3) is 3.70. The molecule has 0 saturated heterocycles. The molecule has 0 radical (unpaired) electrons. The molecule has 0 aliphatic carbocycles. The first-order chi connectivity index (χ1) is 11.7. The Bertz CT molecular complexity index is 827. The van der Waals surface area contributed by atoms with Gasteiger partial charge >= 0.3 is 0 Å². The minimum absolute atomic E-state index is 0.0354. The van der Waals surface area contributed by atoms with Crippen LogP contribution < -0.4 is 4.90 Å². The quantitative estimate of drug-likeness (QED) is 0.729. The van der Waals surface area contributed by atoms with Gasteiger partial charge in [-0.05, 0) is 42.5 Å². The van der Waals surface area contributed by atoms with E-state index in [1.165, 1.54) is 11.0 Å². The summed E-state index contributed by atoms with van der Waals surface area (Å²) in [6.45, 7) is 0.250. The highest BCUT2D eigenvalue weighted by Crippen LogP contribution is 2.28. The summed E-state index contributed by atoms with van der Waals surface area (Å²) in [4.78, 5) is 18.4. The molecule has 0 aliphatic rings. The minimum Gasteiger partial charge on any atom is -0.506 e. The second-order valence-electron chi connectivity index (χ2n) is 5.08. The molecular formula is C19H16N2O3. The number of carbonyl (C=O) groups excluding carboxylic acids is 1. The van der Waals surface area contributed by atoms with Crippen LogP contribution in [-0.2, 0) is 11.3 Å². The third-order valence-electron chi connectivity index (χ3n) is 3.42. The highest BCUT2D eigenvalue weighted by Gasteiger charge is 2.17. The molecule has 1 aromatic carbocycles. The Labute approximate surface area is 139 Å². The summed E-state index contributed by atoms with van der Waals surface area (Å²) in [5, 5.41) is 10.1. The van der Waals surface area contributed by atoms with Crippen LogP contribution in [0, 0.1) is 0 Å². The molecular weight excluding hydrogens is 304 g/mol. The number of pyridine rings is 1. The van der Waals surface area contributed by atoms with Gasteiger partial charge in [0.05, 0.1) is 24.2 Å². The van der Waals surface area contributed by atoms with Gasteiger partial charge in [-0.25, -0.2) is 0 Å². The van der Waals surface area contributed by atoms with Crippen molar-refractivity contribution in [3.8, 4) is 5.75 Å². The zero-order chi connectivity index (χ0) is 16.8. The molecule has 0 bridgehead atoms. The predicted octanol–water partition coefficient (Wildman–Crippen LogP) is 3.63. The molecule has 0 saturated carbocycles. The molecule has 3 rings (SSSR count). The lowest BCUT2D eigenvalue weighted by Crippen LogP contribution is -2.29. The Hall–Kier alpha value is -3.34. The molecule has 0 unspecified atom stereocenters. The first-order valence-corrected chi connectivity index (χ1v) is 7.45. The number of hydrogen-bond acceptors (Lipinski definition) is 4. The highest BCUT2D eigenvalue weighted by molar-refractivity contribution is 6.04. The third-order valence-corrected chi connectivity index (χ3v) is 3.42. The number of phenolic OH excluding ortho intramolecular Hbond substituents is 1. The summed E-state index contributed by atoms with van der Waals surface area (Å²) < 4.78 is 5.19. The first-order valence-electron chi connectivity index (χ1n) is 7.45. The zero-order valence-corrected chi connectivity index (χ0v) is 12.9. The van der Waals surface area contributed by atoms with E-state index >= 15 is 0 Å². The van der Waals surface area contributed by atoms with Crippen LogP contribution in [0.1, 0.15) is 11.5 Å². The molecule has 1 N–H and O–H groups in total. The maximum Gasteiger partial charge on any atom is 0.251 e. The molecule has 0 fully saturated rings. The van der Waals surface area contributed by atoms with Gasteiger partial charge < -0.3 is 9.52 Å². The van der Waals surface area contributed by atoms with E-state index in [9.17, 15) is 9.90 Å². The summed E-state index contributed by atoms with van der Waals surface area (Å²) in [5.74, 6) is 0.338. The summed E-state index contributed by atoms with van der Waals surface area (Å²) in [6.07, 6.45) is 6.21. The normalized spacial score (nSPS) is 10.8. The van der Waals surface area contributed by atoms with Crippen molar-refractivity contribution in [2.24, 2.45) is 0 Å². The summed E-state index contributed by atoms with van der Waals surface area (Å²) in [5.41, 5.74) is 1.15. The van der Waals surface area contributed by atoms with E-state index in [4.69, 9.17) is 4.42 Å². The zero-order valence-electron chi connectivity index (χ0n) is 12.9. The molecule has 5 heteroatoms. The number of benzene rings is 1. The lowest BCUT2D eigenvalue weighted by Gasteiger charge is -2.22. The number of para-hydroxylation sites is 2. The van der Waals surface area contributed by atoms with Gasteiger partial charge in [0.1, 0.15) is 11.5 Å². The molecule has 1 amide bonds. The molecule has 5 nitrogen and oxygen atoms in total. The van der Waals surface area contributed by atoms with Gasteiger partial charge in [0.15, 0.2) is 0 Å². The lowest BCUT2D eigenvalue weighted by atomic mass is 10.2. The molecule has 24 heavy (non-hydrogen) atoms. The maximum atomic E-state index is 12.7. The summed E-state index contributed by atoms with van der Waals surface area (Å²) >= 11 is 0. The Morgan fingerprint density at radius 3 is 2.67 bits per heavy atom. The predicted molar refractivity (Wildman–Crippen MR) is 91.3 cm³/mol. The number of hydrogen-bond donors (Lipinski definition) is 1. The fraction of sp³-hybridized carbons (Fsp3) is 0.0526. The van der Waals surface area contributed by atoms with Crippen LogP contribution in [0.5, 0.6) is 5.75 Å². The fourth-order valence-corrected chi connectivity index (χ4v) is 2.26. The first kappa shape index (κ1) is 15.6. The van der Waals surface area contributed by atoms with Crippen molar-refractivity contribution >= 4 is 17.7 Å². The van der Waals surface area contributed by atoms with Gasteiger partial charge in [-0.3, -0.25) is 14.7 Å². The van der Waals surface area contributed by atoms with Gasteiger partial charge in [-0.2, -0.15) is 0 Å². The van der Waals surface area contributed by atoms with Crippen LogP contribution in [0.15, 0.2) is 77.6 Å². The van der Waals surface area contributed by atoms with Crippen LogP contribution in [0.2, 0.25) is 0 Å². The number of aromatic hydroxyl groups is 1. The van der Waals surface area contributed by atoms with Gasteiger partial charge in [0, 0.05) is 12.3 Å². The molecule has 0 atom stereocenters. The smallest absolute Gasteiger partial charge is 0.251 e. The molecule has 2 aromatic heterocycles. The standard InChI is InChI=1S/C19H16N2O3/c22-18-9-2-1-8-17(18)21(14-15-6-3-4-12-20-15)19(23)11-10-16-7-5-13-24-16/h1-13,22H,14H2/b11-10+. The van der Waals surface area contributed by atoms with Crippen molar-refractivity contribution in [1.29, 1.82) is 0 Å². The van der Waals surface area contributed by atoms with Crippen LogP contribution in [0.25, 0.3) is 6.08 Å². The summed E-state index contributed by atoms with van der Waals surface area (Å²) in [6, 6.07) is 15.7. The fourth-order valence-electron chi connectivity index (χ4n) is 2.26. The number of anilines is 1. The maximum absolute atomic E-state index is 12.7. The van der Waals surface area contributed by atoms with Crippen molar-refractivity contribution in [3.63, 3.8) is 0 Å². The van der Waals surface area contributed by atoms with Crippen molar-refractivity contribution in [3.05, 3.63) is 84.6 Å². The van der Waals surface area contributed by atoms with E-state index in [0.29, 0.717) is 11.4 Å². The van der Waals surface area contributed by atoms with Gasteiger partial charge in [-0.15, -0.1) is 0 Å². The highest BCUT2D eigenvalue weighted by atomic mass is 16.3. The molecule has 120 valence electrons. The van der Waals surface area contributed by atoms with Gasteiger partial charge in [-0.1, -0.05) is 18.2 Å². The Balaban J connectivity index is 1.89. The van der Waals surface area contributed by atoms with Gasteiger partial charge in [0.25, 0.3) is 5.91 Å². The number of nitrogens with zero attached hydrogens (tertiary/aromatic N) is 2. The number of rotatable bonds is 5. The average molecular weight is 320 g/mol. The van der Waals surface area contributed by atoms with Crippen molar-refractivity contribution < 1.29 is 14.3 Å². The van der Waals surface area contributed by atoms with E-state index in [0.717, 1.165) is 5.69 Å². The molecule has 3 aromatic rings. The largest absolute Gasteiger partial charge is 0.506 e. The monoisotopic (exact) mass is 320 g/mol. The number of furan rings is 1. The molecule has 0 aliphatic heterocycles. The van der Waals surface area contributed by atoms with E-state index in [2.05, 4.69) is 4.98 Å². The Morgan fingerprint density at radius 2 is 1.96 bits per heavy atom. The van der Waals surface area contributed by atoms with Crippen LogP contribution >= 0.6 is 0 Å². The van der Waals surface area contributed by atoms with Crippen molar-refractivity contribution in [1.82, 2.24) is 4.98 Å². The van der Waals surface area contributed by atoms with Crippen molar-refractivity contribution in [2.45, 2.75) is 6.54 Å². The van der Waals surface area contributed by atoms with E-state index in [-0.39, 0.29) is 18.2 Å². The topological polar surface area (TPSA) is 66.6 Å². The SMILES string of the molecule is O=C(/C=C/c1ccco1)N(Cc1ccccn1)c1ccccc1O. The number of carbonyl (C=O) groups is 1. The number of amides is 1. The molecule has 2 heterocycles. The second-order valence-corrected chi connectivity index (χ2v) is 5.08. The Kier molecular flexibility index (Phi) is 4.72. The van der Waals surface area contributed by atoms with E-state index in [1.54, 1.807) is 54.9 Å². The van der Waals surface area contributed by atoms with Crippen LogP contribution in [0.4, 0.5) is 5.69 Å². The number of phenols is 1. The minimum atomic E-state index is -0.279. The Morgan fingerprint density at radius 1 is 1.12 bits per heavy atom. The van der Waals surface area contributed by atoms with Gasteiger partial charge in [0.2, 0.25) is 0 Å². The summed E-state index contributed by atoms with van der Waals surface area (Å²) in [7, 11) is 0. The van der Waals surface area contributed by atoms with Crippen LogP contribution in [-0.4, -0.2) is 16.0 Å². The van der Waals surface area contributed by atoms with Crippen LogP contribution in [0.3, 0.4) is 0 Å². The van der Waals surface area contributed by atoms with E-state index < -0.39 is 0 Å². The number of aromatic nitrogens is 1.